The first kappa shape index (κ1) is 14.4. The highest BCUT2D eigenvalue weighted by atomic mass is 16.5. The van der Waals surface area contributed by atoms with Crippen molar-refractivity contribution < 1.29 is 4.74 Å². The molecular formula is C17H27NO. The average molecular weight is 261 g/mol. The number of nitrogens with one attached hydrogen (secondary N) is 1. The van der Waals surface area contributed by atoms with E-state index in [1.807, 2.05) is 0 Å². The number of anilines is 1. The molecule has 2 heteroatoms. The van der Waals surface area contributed by atoms with Crippen LogP contribution in [-0.2, 0) is 10.3 Å². The summed E-state index contributed by atoms with van der Waals surface area (Å²) in [5.74, 6) is 0.734. The van der Waals surface area contributed by atoms with Gasteiger partial charge in [0.25, 0.3) is 0 Å². The SMILES string of the molecule is COC(C)(C)c1ccc(NC(C)(C)C)c(C2CC2)c1. The summed E-state index contributed by atoms with van der Waals surface area (Å²) in [5.41, 5.74) is 3.88. The van der Waals surface area contributed by atoms with Crippen LogP contribution in [0.1, 0.15) is 64.5 Å². The second kappa shape index (κ2) is 4.82. The quantitative estimate of drug-likeness (QED) is 0.851. The van der Waals surface area contributed by atoms with Gasteiger partial charge in [0.2, 0.25) is 0 Å². The molecular weight excluding hydrogens is 234 g/mol. The van der Waals surface area contributed by atoms with Gasteiger partial charge in [-0.1, -0.05) is 12.1 Å². The van der Waals surface area contributed by atoms with Crippen molar-refractivity contribution in [3.63, 3.8) is 0 Å². The van der Waals surface area contributed by atoms with Gasteiger partial charge in [-0.25, -0.2) is 0 Å². The monoisotopic (exact) mass is 261 g/mol. The number of methoxy groups -OCH3 is 1. The average Bonchev–Trinajstić information content (AvgIpc) is 3.11. The first-order valence-corrected chi connectivity index (χ1v) is 7.21. The lowest BCUT2D eigenvalue weighted by molar-refractivity contribution is 0.0192. The Balaban J connectivity index is 2.36. The van der Waals surface area contributed by atoms with Gasteiger partial charge in [-0.05, 0) is 70.6 Å². The van der Waals surface area contributed by atoms with Crippen LogP contribution in [0.25, 0.3) is 0 Å². The van der Waals surface area contributed by atoms with E-state index in [2.05, 4.69) is 58.1 Å². The maximum Gasteiger partial charge on any atom is 0.0871 e. The summed E-state index contributed by atoms with van der Waals surface area (Å²) in [4.78, 5) is 0. The molecule has 19 heavy (non-hydrogen) atoms. The van der Waals surface area contributed by atoms with Crippen LogP contribution in [0.5, 0.6) is 0 Å². The predicted octanol–water partition coefficient (Wildman–Crippen LogP) is 4.66. The maximum atomic E-state index is 5.60. The third-order valence-corrected chi connectivity index (χ3v) is 3.78. The molecule has 0 bridgehead atoms. The molecule has 0 amide bonds. The van der Waals surface area contributed by atoms with Crippen LogP contribution >= 0.6 is 0 Å². The molecule has 1 aromatic rings. The zero-order valence-corrected chi connectivity index (χ0v) is 13.1. The van der Waals surface area contributed by atoms with E-state index >= 15 is 0 Å². The molecule has 1 N–H and O–H groups in total. The Kier molecular flexibility index (Phi) is 3.65. The standard InChI is InChI=1S/C17H27NO/c1-16(2,3)18-15-10-9-13(17(4,5)19-6)11-14(15)12-7-8-12/h9-12,18H,7-8H2,1-6H3. The lowest BCUT2D eigenvalue weighted by atomic mass is 9.93. The molecule has 0 atom stereocenters. The van der Waals surface area contributed by atoms with E-state index in [9.17, 15) is 0 Å². The number of hydrogen-bond acceptors (Lipinski definition) is 2. The second-order valence-corrected chi connectivity index (χ2v) is 7.17. The van der Waals surface area contributed by atoms with Crippen LogP contribution < -0.4 is 5.32 Å². The van der Waals surface area contributed by atoms with E-state index in [0.29, 0.717) is 0 Å². The number of rotatable bonds is 4. The zero-order chi connectivity index (χ0) is 14.3. The Hall–Kier alpha value is -1.02. The van der Waals surface area contributed by atoms with Crippen molar-refractivity contribution in [1.29, 1.82) is 0 Å². The first-order valence-electron chi connectivity index (χ1n) is 7.21. The van der Waals surface area contributed by atoms with Crippen LogP contribution in [-0.4, -0.2) is 12.6 Å². The van der Waals surface area contributed by atoms with E-state index in [4.69, 9.17) is 4.74 Å². The van der Waals surface area contributed by atoms with Crippen LogP contribution in [0.2, 0.25) is 0 Å². The molecule has 0 heterocycles. The molecule has 0 unspecified atom stereocenters. The van der Waals surface area contributed by atoms with E-state index in [1.165, 1.54) is 29.7 Å². The van der Waals surface area contributed by atoms with Gasteiger partial charge in [-0.3, -0.25) is 0 Å². The highest BCUT2D eigenvalue weighted by Crippen LogP contribution is 2.45. The van der Waals surface area contributed by atoms with Gasteiger partial charge in [0.1, 0.15) is 0 Å². The Labute approximate surface area is 117 Å². The largest absolute Gasteiger partial charge is 0.380 e. The van der Waals surface area contributed by atoms with Crippen molar-refractivity contribution in [2.45, 2.75) is 64.5 Å². The highest BCUT2D eigenvalue weighted by molar-refractivity contribution is 5.57. The van der Waals surface area contributed by atoms with Gasteiger partial charge in [0.15, 0.2) is 0 Å². The number of benzene rings is 1. The van der Waals surface area contributed by atoms with Crippen LogP contribution in [0.4, 0.5) is 5.69 Å². The topological polar surface area (TPSA) is 21.3 Å². The molecule has 0 saturated heterocycles. The summed E-state index contributed by atoms with van der Waals surface area (Å²) >= 11 is 0. The Bertz CT molecular complexity index is 453. The molecule has 2 rings (SSSR count). The van der Waals surface area contributed by atoms with E-state index in [0.717, 1.165) is 5.92 Å². The molecule has 1 aliphatic rings. The normalized spacial score (nSPS) is 16.5. The van der Waals surface area contributed by atoms with Gasteiger partial charge >= 0.3 is 0 Å². The summed E-state index contributed by atoms with van der Waals surface area (Å²) in [7, 11) is 1.78. The van der Waals surface area contributed by atoms with Crippen LogP contribution in [0.3, 0.4) is 0 Å². The van der Waals surface area contributed by atoms with Gasteiger partial charge in [-0.15, -0.1) is 0 Å². The zero-order valence-electron chi connectivity index (χ0n) is 13.1. The smallest absolute Gasteiger partial charge is 0.0871 e. The molecule has 2 nitrogen and oxygen atoms in total. The molecule has 0 aliphatic heterocycles. The van der Waals surface area contributed by atoms with E-state index < -0.39 is 0 Å². The highest BCUT2D eigenvalue weighted by Gasteiger charge is 2.29. The predicted molar refractivity (Wildman–Crippen MR) is 81.8 cm³/mol. The lowest BCUT2D eigenvalue weighted by Gasteiger charge is -2.28. The Morgan fingerprint density at radius 1 is 1.11 bits per heavy atom. The fourth-order valence-corrected chi connectivity index (χ4v) is 2.31. The van der Waals surface area contributed by atoms with Crippen LogP contribution in [0, 0.1) is 0 Å². The molecule has 1 saturated carbocycles. The number of ether oxygens (including phenoxy) is 1. The van der Waals surface area contributed by atoms with Crippen molar-refractivity contribution >= 4 is 5.69 Å². The summed E-state index contributed by atoms with van der Waals surface area (Å²) < 4.78 is 5.60. The number of hydrogen-bond donors (Lipinski definition) is 1. The van der Waals surface area contributed by atoms with Gasteiger partial charge in [0, 0.05) is 18.3 Å². The first-order chi connectivity index (χ1) is 8.73. The minimum Gasteiger partial charge on any atom is -0.380 e. The summed E-state index contributed by atoms with van der Waals surface area (Å²) in [5, 5.41) is 3.63. The minimum absolute atomic E-state index is 0.0991. The van der Waals surface area contributed by atoms with Crippen molar-refractivity contribution in [3.8, 4) is 0 Å². The van der Waals surface area contributed by atoms with Gasteiger partial charge in [0.05, 0.1) is 5.60 Å². The molecule has 0 aromatic heterocycles. The molecule has 1 aromatic carbocycles. The fraction of sp³-hybridized carbons (Fsp3) is 0.647. The third kappa shape index (κ3) is 3.50. The molecule has 0 spiro atoms. The second-order valence-electron chi connectivity index (χ2n) is 7.17. The summed E-state index contributed by atoms with van der Waals surface area (Å²) in [6.07, 6.45) is 2.63. The van der Waals surface area contributed by atoms with Crippen molar-refractivity contribution in [2.24, 2.45) is 0 Å². The molecule has 106 valence electrons. The molecule has 0 radical (unpaired) electrons. The maximum absolute atomic E-state index is 5.60. The summed E-state index contributed by atoms with van der Waals surface area (Å²) in [6.45, 7) is 10.9. The van der Waals surface area contributed by atoms with Crippen LogP contribution in [0.15, 0.2) is 18.2 Å². The molecule has 1 fully saturated rings. The van der Waals surface area contributed by atoms with E-state index in [1.54, 1.807) is 7.11 Å². The molecule has 1 aliphatic carbocycles. The van der Waals surface area contributed by atoms with E-state index in [-0.39, 0.29) is 11.1 Å². The Morgan fingerprint density at radius 2 is 1.74 bits per heavy atom. The Morgan fingerprint density at radius 3 is 2.21 bits per heavy atom. The van der Waals surface area contributed by atoms with Gasteiger partial charge in [-0.2, -0.15) is 0 Å². The van der Waals surface area contributed by atoms with Crippen molar-refractivity contribution in [1.82, 2.24) is 0 Å². The fourth-order valence-electron chi connectivity index (χ4n) is 2.31. The lowest BCUT2D eigenvalue weighted by Crippen LogP contribution is -2.27. The van der Waals surface area contributed by atoms with Gasteiger partial charge < -0.3 is 10.1 Å². The minimum atomic E-state index is -0.218. The third-order valence-electron chi connectivity index (χ3n) is 3.78. The van der Waals surface area contributed by atoms with Crippen molar-refractivity contribution in [3.05, 3.63) is 29.3 Å². The van der Waals surface area contributed by atoms with Crippen molar-refractivity contribution in [2.75, 3.05) is 12.4 Å². The summed E-state index contributed by atoms with van der Waals surface area (Å²) in [6, 6.07) is 6.73.